The van der Waals surface area contributed by atoms with Gasteiger partial charge in [0.15, 0.2) is 5.78 Å². The molecule has 0 heterocycles. The van der Waals surface area contributed by atoms with Gasteiger partial charge in [-0.15, -0.1) is 0 Å². The Morgan fingerprint density at radius 2 is 1.93 bits per heavy atom. The molecule has 4 aliphatic rings. The molecule has 3 fully saturated rings. The number of ketones is 1. The second-order valence-corrected chi connectivity index (χ2v) is 9.92. The van der Waals surface area contributed by atoms with Crippen LogP contribution < -0.4 is 51.4 Å². The van der Waals surface area contributed by atoms with Gasteiger partial charge in [-0.3, -0.25) is 9.59 Å². The van der Waals surface area contributed by atoms with Crippen molar-refractivity contribution >= 4 is 11.8 Å². The molecule has 148 valence electrons. The van der Waals surface area contributed by atoms with Gasteiger partial charge >= 0.3 is 57.4 Å². The Morgan fingerprint density at radius 3 is 2.61 bits per heavy atom. The van der Waals surface area contributed by atoms with Gasteiger partial charge in [-0.1, -0.05) is 32.6 Å². The molecule has 0 bridgehead atoms. The number of hydrogen-bond donors (Lipinski definition) is 1. The van der Waals surface area contributed by atoms with E-state index >= 15 is 0 Å². The Labute approximate surface area is 213 Å². The number of carbonyl (C=O) groups excluding carboxylic acids is 1. The first-order chi connectivity index (χ1) is 12.7. The standard InChI is InChI=1S/C24H32O3.K.H/c1-14-15(2)22-18-6-5-16-13-17(25)9-11-23(16,3)20(18)10-12-24(22,4)19(14)7-8-21(26)27;;/h13,18-20,22H,1-2,5-12H2,3-4H3,(H,26,27);;/q;+1;-1/t18-,19-,20+,22+,23+,24-;;/m1../s1. The summed E-state index contributed by atoms with van der Waals surface area (Å²) in [7, 11) is 0. The monoisotopic (exact) mass is 408 g/mol. The predicted molar refractivity (Wildman–Crippen MR) is 107 cm³/mol. The van der Waals surface area contributed by atoms with Crippen molar-refractivity contribution in [3.63, 3.8) is 0 Å². The van der Waals surface area contributed by atoms with Crippen LogP contribution in [0.3, 0.4) is 0 Å². The molecule has 0 unspecified atom stereocenters. The van der Waals surface area contributed by atoms with Crippen LogP contribution in [0.15, 0.2) is 36.0 Å². The Kier molecular flexibility index (Phi) is 6.41. The summed E-state index contributed by atoms with van der Waals surface area (Å²) in [6, 6.07) is 0. The van der Waals surface area contributed by atoms with Crippen molar-refractivity contribution in [1.29, 1.82) is 0 Å². The third-order valence-corrected chi connectivity index (χ3v) is 8.83. The average Bonchev–Trinajstić information content (AvgIpc) is 2.80. The van der Waals surface area contributed by atoms with Crippen LogP contribution in [-0.4, -0.2) is 16.9 Å². The molecule has 0 aromatic heterocycles. The van der Waals surface area contributed by atoms with Crippen molar-refractivity contribution < 1.29 is 67.5 Å². The van der Waals surface area contributed by atoms with Crippen molar-refractivity contribution in [2.75, 3.05) is 0 Å². The molecule has 3 nitrogen and oxygen atoms in total. The van der Waals surface area contributed by atoms with Gasteiger partial charge in [0.2, 0.25) is 0 Å². The molecule has 4 rings (SSSR count). The second-order valence-electron chi connectivity index (χ2n) is 9.92. The first-order valence-electron chi connectivity index (χ1n) is 10.5. The molecule has 0 aromatic carbocycles. The van der Waals surface area contributed by atoms with Crippen molar-refractivity contribution in [2.45, 2.75) is 65.2 Å². The van der Waals surface area contributed by atoms with Gasteiger partial charge in [0.1, 0.15) is 0 Å². The Morgan fingerprint density at radius 1 is 1.21 bits per heavy atom. The molecule has 4 aliphatic carbocycles. The van der Waals surface area contributed by atoms with Gasteiger partial charge in [0.05, 0.1) is 0 Å². The predicted octanol–water partition coefficient (Wildman–Crippen LogP) is 2.45. The van der Waals surface area contributed by atoms with E-state index in [4.69, 9.17) is 0 Å². The zero-order valence-corrected chi connectivity index (χ0v) is 20.8. The van der Waals surface area contributed by atoms with Gasteiger partial charge < -0.3 is 6.53 Å². The number of hydrogen-bond acceptors (Lipinski definition) is 2. The fourth-order valence-corrected chi connectivity index (χ4v) is 7.44. The van der Waals surface area contributed by atoms with Crippen LogP contribution >= 0.6 is 0 Å². The van der Waals surface area contributed by atoms with E-state index < -0.39 is 5.97 Å². The minimum atomic E-state index is -0.721. The summed E-state index contributed by atoms with van der Waals surface area (Å²) < 4.78 is 0. The summed E-state index contributed by atoms with van der Waals surface area (Å²) in [4.78, 5) is 23.1. The first-order valence-corrected chi connectivity index (χ1v) is 10.5. The van der Waals surface area contributed by atoms with E-state index in [0.717, 1.165) is 31.3 Å². The van der Waals surface area contributed by atoms with Gasteiger partial charge in [-0.25, -0.2) is 0 Å². The molecule has 3 saturated carbocycles. The van der Waals surface area contributed by atoms with Crippen molar-refractivity contribution in [2.24, 2.45) is 34.5 Å². The van der Waals surface area contributed by atoms with Crippen LogP contribution in [-0.2, 0) is 9.59 Å². The summed E-state index contributed by atoms with van der Waals surface area (Å²) in [5.41, 5.74) is 3.92. The van der Waals surface area contributed by atoms with Gasteiger partial charge in [0.25, 0.3) is 0 Å². The minimum absolute atomic E-state index is 0. The molecule has 0 radical (unpaired) electrons. The molecule has 1 N–H and O–H groups in total. The number of carboxylic acid groups (broad SMARTS) is 1. The van der Waals surface area contributed by atoms with E-state index in [9.17, 15) is 14.7 Å². The molecule has 0 aromatic rings. The second kappa shape index (κ2) is 7.92. The van der Waals surface area contributed by atoms with E-state index in [-0.39, 0.29) is 76.0 Å². The van der Waals surface area contributed by atoms with Crippen LogP contribution in [0.1, 0.15) is 66.6 Å². The van der Waals surface area contributed by atoms with E-state index in [1.54, 1.807) is 0 Å². The minimum Gasteiger partial charge on any atom is -1.00 e. The normalized spacial score (nSPS) is 42.1. The zero-order chi connectivity index (χ0) is 19.6. The van der Waals surface area contributed by atoms with Crippen LogP contribution in [0.4, 0.5) is 0 Å². The third-order valence-electron chi connectivity index (χ3n) is 8.83. The van der Waals surface area contributed by atoms with Gasteiger partial charge in [-0.05, 0) is 90.2 Å². The topological polar surface area (TPSA) is 54.4 Å². The Hall–Kier alpha value is -0.00364. The maximum absolute atomic E-state index is 12.0. The fraction of sp³-hybridized carbons (Fsp3) is 0.667. The molecule has 0 spiro atoms. The van der Waals surface area contributed by atoms with Crippen molar-refractivity contribution in [3.05, 3.63) is 36.0 Å². The van der Waals surface area contributed by atoms with E-state index in [2.05, 4.69) is 27.0 Å². The van der Waals surface area contributed by atoms with Crippen LogP contribution in [0.5, 0.6) is 0 Å². The summed E-state index contributed by atoms with van der Waals surface area (Å²) in [5, 5.41) is 9.19. The molecule has 0 aliphatic heterocycles. The maximum atomic E-state index is 12.0. The van der Waals surface area contributed by atoms with Gasteiger partial charge in [0, 0.05) is 12.8 Å². The molecular formula is C24H33KO3. The van der Waals surface area contributed by atoms with Crippen LogP contribution in [0.25, 0.3) is 0 Å². The van der Waals surface area contributed by atoms with E-state index in [0.29, 0.717) is 36.4 Å². The smallest absolute Gasteiger partial charge is 1.00 e. The molecular weight excluding hydrogens is 375 g/mol. The van der Waals surface area contributed by atoms with E-state index in [1.807, 2.05) is 6.08 Å². The summed E-state index contributed by atoms with van der Waals surface area (Å²) >= 11 is 0. The third kappa shape index (κ3) is 3.32. The number of carbonyl (C=O) groups is 2. The SMILES string of the molecule is C=C1C(=C)[C@H]2[C@@H]3CCC4=CC(=O)CC[C@]4(C)[C@H]3CC[C@]2(C)[C@@H]1CCC(=O)O.[H-].[K+]. The first kappa shape index (κ1) is 22.7. The summed E-state index contributed by atoms with van der Waals surface area (Å²) in [6.07, 6.45) is 8.92. The molecule has 6 atom stereocenters. The molecule has 4 heteroatoms. The fourth-order valence-electron chi connectivity index (χ4n) is 7.44. The Bertz CT molecular complexity index is 772. The van der Waals surface area contributed by atoms with Gasteiger partial charge in [-0.2, -0.15) is 0 Å². The van der Waals surface area contributed by atoms with Crippen LogP contribution in [0.2, 0.25) is 0 Å². The summed E-state index contributed by atoms with van der Waals surface area (Å²) in [6.45, 7) is 13.6. The molecule has 0 amide bonds. The Balaban J connectivity index is 0.00000150. The number of aliphatic carboxylic acids is 1. The number of allylic oxidation sites excluding steroid dienone is 3. The average molecular weight is 409 g/mol. The van der Waals surface area contributed by atoms with Crippen LogP contribution in [0, 0.1) is 34.5 Å². The molecule has 28 heavy (non-hydrogen) atoms. The quantitative estimate of drug-likeness (QED) is 0.730. The maximum Gasteiger partial charge on any atom is 1.00 e. The largest absolute Gasteiger partial charge is 1.00 e. The van der Waals surface area contributed by atoms with Crippen molar-refractivity contribution in [3.8, 4) is 0 Å². The number of rotatable bonds is 3. The number of fused-ring (bicyclic) bond motifs is 5. The van der Waals surface area contributed by atoms with E-state index in [1.165, 1.54) is 17.6 Å². The molecule has 0 saturated heterocycles. The summed E-state index contributed by atoms with van der Waals surface area (Å²) in [5.74, 6) is 1.42. The van der Waals surface area contributed by atoms with Crippen molar-refractivity contribution in [1.82, 2.24) is 0 Å². The number of carboxylic acids is 1. The zero-order valence-electron chi connectivity index (χ0n) is 18.7.